The molecule has 0 saturated carbocycles. The van der Waals surface area contributed by atoms with Crippen LogP contribution in [0.3, 0.4) is 0 Å². The van der Waals surface area contributed by atoms with Gasteiger partial charge in [-0.3, -0.25) is 9.98 Å². The van der Waals surface area contributed by atoms with E-state index in [0.29, 0.717) is 0 Å². The zero-order chi connectivity index (χ0) is 19.1. The molecule has 0 aliphatic carbocycles. The van der Waals surface area contributed by atoms with Gasteiger partial charge in [0.05, 0.1) is 13.1 Å². The first-order valence-electron chi connectivity index (χ1n) is 6.20. The maximum atomic E-state index is 4.65. The fourth-order valence-corrected chi connectivity index (χ4v) is 0.527. The van der Waals surface area contributed by atoms with Crippen molar-refractivity contribution in [2.75, 3.05) is 26.3 Å². The van der Waals surface area contributed by atoms with E-state index in [9.17, 15) is 0 Å². The molecule has 0 unspecified atom stereocenters. The highest BCUT2D eigenvalue weighted by Gasteiger charge is 1.85. The topological polar surface area (TPSA) is 43.2 Å². The van der Waals surface area contributed by atoms with Gasteiger partial charge in [0.15, 0.2) is 12.8 Å². The number of rotatable bonds is 0. The molecule has 0 amide bonds. The van der Waals surface area contributed by atoms with Crippen molar-refractivity contribution in [2.45, 2.75) is 0 Å². The van der Waals surface area contributed by atoms with Gasteiger partial charge in [-0.25, -0.2) is 0 Å². The molecule has 4 nitrogen and oxygen atoms in total. The molecular weight excluding hydrogens is 276 g/mol. The molecule has 0 radical (unpaired) electrons. The average molecular weight is 310 g/mol. The maximum absolute atomic E-state index is 4.65. The summed E-state index contributed by atoms with van der Waals surface area (Å²) in [5.41, 5.74) is 0. The minimum absolute atomic E-state index is 0.778. The first-order valence-corrected chi connectivity index (χ1v) is 6.20. The van der Waals surface area contributed by atoms with Crippen molar-refractivity contribution in [3.8, 4) is 0 Å². The Morgan fingerprint density at radius 1 is 0.500 bits per heavy atom. The van der Waals surface area contributed by atoms with Crippen LogP contribution < -0.4 is 0 Å². The van der Waals surface area contributed by atoms with Crippen molar-refractivity contribution in [1.82, 2.24) is 0 Å². The van der Waals surface area contributed by atoms with Crippen molar-refractivity contribution >= 4 is 12.8 Å². The summed E-state index contributed by atoms with van der Waals surface area (Å²) in [5, 5.41) is 0. The Morgan fingerprint density at radius 2 is 0.727 bits per heavy atom. The molecule has 0 aromatic rings. The third-order valence-corrected chi connectivity index (χ3v) is 0.975. The van der Waals surface area contributed by atoms with Crippen molar-refractivity contribution in [2.24, 2.45) is 9.98 Å². The van der Waals surface area contributed by atoms with E-state index in [2.05, 4.69) is 98.4 Å². The number of nitrogens with zero attached hydrogens (tertiary/aromatic N) is 2. The highest BCUT2D eigenvalue weighted by molar-refractivity contribution is 5.48. The van der Waals surface area contributed by atoms with Gasteiger partial charge in [0.25, 0.3) is 0 Å². The molecule has 0 aromatic heterocycles. The molecule has 128 valence electrons. The van der Waals surface area contributed by atoms with Gasteiger partial charge in [-0.2, -0.15) is 0 Å². The third-order valence-electron chi connectivity index (χ3n) is 0.975. The van der Waals surface area contributed by atoms with E-state index in [1.807, 2.05) is 0 Å². The van der Waals surface area contributed by atoms with E-state index in [1.165, 1.54) is 12.8 Å². The lowest BCUT2D eigenvalue weighted by atomic mass is 10.8. The van der Waals surface area contributed by atoms with Gasteiger partial charge in [0.1, 0.15) is 13.2 Å². The van der Waals surface area contributed by atoms with Gasteiger partial charge >= 0.3 is 0 Å². The van der Waals surface area contributed by atoms with E-state index in [1.54, 1.807) is 0 Å². The molecule has 0 N–H and O–H groups in total. The van der Waals surface area contributed by atoms with Gasteiger partial charge in [0, 0.05) is 0 Å². The number of hydrogen-bond acceptors (Lipinski definition) is 4. The zero-order valence-electron chi connectivity index (χ0n) is 14.2. The number of ether oxygens (including phenoxy) is 2. The highest BCUT2D eigenvalue weighted by Crippen LogP contribution is 1.79. The molecule has 2 rings (SSSR count). The summed E-state index contributed by atoms with van der Waals surface area (Å²) in [6.45, 7) is 39.2. The van der Waals surface area contributed by atoms with E-state index in [-0.39, 0.29) is 0 Å². The van der Waals surface area contributed by atoms with Crippen LogP contribution in [0.25, 0.3) is 0 Å². The normalized spacial score (nSPS) is 9.82. The minimum atomic E-state index is 0.778. The maximum Gasteiger partial charge on any atom is 0.169 e. The molecule has 2 heterocycles. The van der Waals surface area contributed by atoms with Crippen LogP contribution in [-0.2, 0) is 9.47 Å². The molecule has 2 aliphatic heterocycles. The molecule has 0 fully saturated rings. The second kappa shape index (κ2) is 102. The van der Waals surface area contributed by atoms with Gasteiger partial charge in [-0.15, -0.1) is 78.9 Å². The lowest BCUT2D eigenvalue weighted by molar-refractivity contribution is 0.361. The number of hydrogen-bond donors (Lipinski definition) is 0. The van der Waals surface area contributed by atoms with E-state index in [0.717, 1.165) is 26.3 Å². The lowest BCUT2D eigenvalue weighted by Crippen LogP contribution is -1.80. The summed E-state index contributed by atoms with van der Waals surface area (Å²) < 4.78 is 9.31. The Bertz CT molecular complexity index is 164. The Kier molecular flexibility index (Phi) is 169. The van der Waals surface area contributed by atoms with Crippen molar-refractivity contribution in [3.05, 3.63) is 78.9 Å². The van der Waals surface area contributed by atoms with Gasteiger partial charge in [-0.05, 0) is 0 Å². The Labute approximate surface area is 138 Å². The van der Waals surface area contributed by atoms with Crippen LogP contribution in [0.5, 0.6) is 0 Å². The monoisotopic (exact) mass is 310 g/mol. The summed E-state index contributed by atoms with van der Waals surface area (Å²) in [7, 11) is 0. The standard InChI is InChI=1S/2C3H5NO.6C2H4/c2*1-2-5-3-4-1;6*1-2/h2*3H,1-2H2;6*1-2H2. The Hall–Kier alpha value is -2.62. The second-order valence-electron chi connectivity index (χ2n) is 1.76. The molecule has 2 aliphatic rings. The predicted molar refractivity (Wildman–Crippen MR) is 106 cm³/mol. The van der Waals surface area contributed by atoms with Crippen LogP contribution in [0, 0.1) is 0 Å². The van der Waals surface area contributed by atoms with Crippen LogP contribution in [0.4, 0.5) is 0 Å². The van der Waals surface area contributed by atoms with Crippen molar-refractivity contribution in [3.63, 3.8) is 0 Å². The SMILES string of the molecule is C1=NCCO1.C1=NCCO1.C=C.C=C.C=C.C=C.C=C.C=C. The smallest absolute Gasteiger partial charge is 0.169 e. The summed E-state index contributed by atoms with van der Waals surface area (Å²) in [4.78, 5) is 7.47. The predicted octanol–water partition coefficient (Wildman–Crippen LogP) is 4.90. The zero-order valence-corrected chi connectivity index (χ0v) is 14.2. The molecule has 4 heteroatoms. The fourth-order valence-electron chi connectivity index (χ4n) is 0.527. The van der Waals surface area contributed by atoms with E-state index in [4.69, 9.17) is 0 Å². The van der Waals surface area contributed by atoms with Gasteiger partial charge in [0.2, 0.25) is 0 Å². The molecule has 22 heavy (non-hydrogen) atoms. The Balaban J connectivity index is -0.0000000355. The fraction of sp³-hybridized carbons (Fsp3) is 0.222. The van der Waals surface area contributed by atoms with E-state index >= 15 is 0 Å². The van der Waals surface area contributed by atoms with Crippen LogP contribution in [0.2, 0.25) is 0 Å². The molecule has 0 aromatic carbocycles. The lowest BCUT2D eigenvalue weighted by Gasteiger charge is -1.76. The minimum Gasteiger partial charge on any atom is -0.482 e. The summed E-state index contributed by atoms with van der Waals surface area (Å²) in [5.74, 6) is 0. The van der Waals surface area contributed by atoms with Crippen LogP contribution in [0.15, 0.2) is 88.9 Å². The molecule has 0 spiro atoms. The average Bonchev–Trinajstić information content (AvgIpc) is 3.43. The van der Waals surface area contributed by atoms with Gasteiger partial charge in [-0.1, -0.05) is 0 Å². The van der Waals surface area contributed by atoms with E-state index < -0.39 is 0 Å². The van der Waals surface area contributed by atoms with Crippen LogP contribution in [-0.4, -0.2) is 39.1 Å². The molecular formula is C18H34N2O2. The van der Waals surface area contributed by atoms with Crippen LogP contribution >= 0.6 is 0 Å². The summed E-state index contributed by atoms with van der Waals surface area (Å²) in [6.07, 6.45) is 2.97. The van der Waals surface area contributed by atoms with Crippen LogP contribution in [0.1, 0.15) is 0 Å². The number of aliphatic imine (C=N–C) groups is 2. The van der Waals surface area contributed by atoms with Crippen molar-refractivity contribution < 1.29 is 9.47 Å². The quantitative estimate of drug-likeness (QED) is 0.597. The Morgan fingerprint density at radius 3 is 0.773 bits per heavy atom. The molecule has 0 saturated heterocycles. The van der Waals surface area contributed by atoms with Gasteiger partial charge < -0.3 is 9.47 Å². The second-order valence-corrected chi connectivity index (χ2v) is 1.76. The molecule has 0 atom stereocenters. The summed E-state index contributed by atoms with van der Waals surface area (Å²) in [6, 6.07) is 0. The van der Waals surface area contributed by atoms with Crippen molar-refractivity contribution in [1.29, 1.82) is 0 Å². The first-order chi connectivity index (χ1) is 11.0. The molecule has 0 bridgehead atoms. The largest absolute Gasteiger partial charge is 0.482 e. The first kappa shape index (κ1) is 36.6. The third kappa shape index (κ3) is 85.6. The summed E-state index contributed by atoms with van der Waals surface area (Å²) >= 11 is 0. The highest BCUT2D eigenvalue weighted by atomic mass is 16.5.